The van der Waals surface area contributed by atoms with Gasteiger partial charge in [0.15, 0.2) is 6.10 Å². The van der Waals surface area contributed by atoms with Crippen molar-refractivity contribution in [2.45, 2.75) is 13.0 Å². The number of nitrogens with one attached hydrogen (secondary N) is 1. The van der Waals surface area contributed by atoms with Gasteiger partial charge in [-0.25, -0.2) is 13.6 Å². The molecule has 0 saturated heterocycles. The van der Waals surface area contributed by atoms with Gasteiger partial charge in [0.25, 0.3) is 5.91 Å². The summed E-state index contributed by atoms with van der Waals surface area (Å²) >= 11 is 1.48. The van der Waals surface area contributed by atoms with Crippen molar-refractivity contribution >= 4 is 35.0 Å². The first-order chi connectivity index (χ1) is 11.0. The molecule has 1 aromatic heterocycles. The van der Waals surface area contributed by atoms with Gasteiger partial charge in [0, 0.05) is 12.1 Å². The van der Waals surface area contributed by atoms with Gasteiger partial charge in [0.2, 0.25) is 0 Å². The average Bonchev–Trinajstić information content (AvgIpc) is 3.02. The van der Waals surface area contributed by atoms with Crippen LogP contribution in [0, 0.1) is 11.6 Å². The highest BCUT2D eigenvalue weighted by molar-refractivity contribution is 7.08. The number of carbonyl (C=O) groups excluding carboxylic acids is 2. The van der Waals surface area contributed by atoms with E-state index >= 15 is 0 Å². The summed E-state index contributed by atoms with van der Waals surface area (Å²) in [4.78, 5) is 23.5. The van der Waals surface area contributed by atoms with Gasteiger partial charge in [-0.1, -0.05) is 0 Å². The molecule has 1 heterocycles. The summed E-state index contributed by atoms with van der Waals surface area (Å²) in [6.07, 6.45) is 1.59. The van der Waals surface area contributed by atoms with Crippen LogP contribution in [0.15, 0.2) is 41.1 Å². The van der Waals surface area contributed by atoms with Gasteiger partial charge >= 0.3 is 5.97 Å². The molecule has 0 radical (unpaired) electrons. The van der Waals surface area contributed by atoms with Gasteiger partial charge in [0.1, 0.15) is 11.6 Å². The third kappa shape index (κ3) is 5.00. The van der Waals surface area contributed by atoms with Crippen LogP contribution in [0.4, 0.5) is 14.5 Å². The number of amides is 1. The lowest BCUT2D eigenvalue weighted by Gasteiger charge is -2.12. The van der Waals surface area contributed by atoms with Crippen LogP contribution < -0.4 is 5.32 Å². The predicted molar refractivity (Wildman–Crippen MR) is 83.9 cm³/mol. The number of thiophene rings is 1. The summed E-state index contributed by atoms with van der Waals surface area (Å²) in [5, 5.41) is 5.87. The maximum atomic E-state index is 13.4. The summed E-state index contributed by atoms with van der Waals surface area (Å²) in [5.41, 5.74) is 0.526. The minimum atomic E-state index is -1.16. The first kappa shape index (κ1) is 16.8. The molecule has 120 valence electrons. The lowest BCUT2D eigenvalue weighted by atomic mass is 10.2. The molecule has 0 aliphatic rings. The molecule has 2 rings (SSSR count). The molecule has 1 aromatic carbocycles. The summed E-state index contributed by atoms with van der Waals surface area (Å²) in [6, 6.07) is 4.49. The Balaban J connectivity index is 1.92. The smallest absolute Gasteiger partial charge is 0.331 e. The van der Waals surface area contributed by atoms with Gasteiger partial charge in [0.05, 0.1) is 5.69 Å². The van der Waals surface area contributed by atoms with E-state index in [4.69, 9.17) is 4.74 Å². The number of hydrogen-bond acceptors (Lipinski definition) is 4. The van der Waals surface area contributed by atoms with Gasteiger partial charge in [-0.2, -0.15) is 11.3 Å². The Morgan fingerprint density at radius 2 is 2.09 bits per heavy atom. The Hall–Kier alpha value is -2.54. The Kier molecular flexibility index (Phi) is 5.59. The number of rotatable bonds is 5. The van der Waals surface area contributed by atoms with E-state index in [1.807, 2.05) is 16.8 Å². The minimum absolute atomic E-state index is 0.313. The van der Waals surface area contributed by atoms with E-state index in [2.05, 4.69) is 5.32 Å². The molecule has 0 aliphatic carbocycles. The molecule has 4 nitrogen and oxygen atoms in total. The van der Waals surface area contributed by atoms with E-state index < -0.39 is 29.6 Å². The zero-order valence-corrected chi connectivity index (χ0v) is 12.9. The zero-order chi connectivity index (χ0) is 16.8. The zero-order valence-electron chi connectivity index (χ0n) is 12.1. The van der Waals surface area contributed by atoms with E-state index in [-0.39, 0.29) is 5.69 Å². The first-order valence-electron chi connectivity index (χ1n) is 6.62. The van der Waals surface area contributed by atoms with E-state index in [0.29, 0.717) is 0 Å². The third-order valence-corrected chi connectivity index (χ3v) is 3.50. The predicted octanol–water partition coefficient (Wildman–Crippen LogP) is 3.61. The normalized spacial score (nSPS) is 12.1. The molecule has 0 aliphatic heterocycles. The lowest BCUT2D eigenvalue weighted by molar-refractivity contribution is -0.148. The highest BCUT2D eigenvalue weighted by Gasteiger charge is 2.18. The van der Waals surface area contributed by atoms with Crippen LogP contribution in [-0.4, -0.2) is 18.0 Å². The van der Waals surface area contributed by atoms with Gasteiger partial charge < -0.3 is 10.1 Å². The van der Waals surface area contributed by atoms with E-state index in [1.54, 1.807) is 6.08 Å². The van der Waals surface area contributed by atoms with Crippen molar-refractivity contribution in [1.29, 1.82) is 0 Å². The highest BCUT2D eigenvalue weighted by Crippen LogP contribution is 2.16. The summed E-state index contributed by atoms with van der Waals surface area (Å²) in [5.74, 6) is -2.94. The average molecular weight is 337 g/mol. The van der Waals surface area contributed by atoms with Crippen molar-refractivity contribution in [2.75, 3.05) is 5.32 Å². The van der Waals surface area contributed by atoms with Crippen molar-refractivity contribution in [2.24, 2.45) is 0 Å². The van der Waals surface area contributed by atoms with Crippen LogP contribution in [-0.2, 0) is 14.3 Å². The van der Waals surface area contributed by atoms with E-state index in [9.17, 15) is 18.4 Å². The van der Waals surface area contributed by atoms with Crippen LogP contribution in [0.25, 0.3) is 6.08 Å². The Morgan fingerprint density at radius 3 is 2.78 bits per heavy atom. The number of halogens is 2. The van der Waals surface area contributed by atoms with Gasteiger partial charge in [-0.05, 0) is 47.5 Å². The molecule has 2 aromatic rings. The monoisotopic (exact) mass is 337 g/mol. The summed E-state index contributed by atoms with van der Waals surface area (Å²) in [6.45, 7) is 1.34. The quantitative estimate of drug-likeness (QED) is 0.670. The van der Waals surface area contributed by atoms with Gasteiger partial charge in [-0.15, -0.1) is 0 Å². The second-order valence-corrected chi connectivity index (χ2v) is 5.36. The minimum Gasteiger partial charge on any atom is -0.449 e. The summed E-state index contributed by atoms with van der Waals surface area (Å²) in [7, 11) is 0. The highest BCUT2D eigenvalue weighted by atomic mass is 32.1. The third-order valence-electron chi connectivity index (χ3n) is 2.80. The standard InChI is InChI=1S/C16H13F2NO3S/c1-10(22-15(20)5-2-11-6-7-23-9-11)16(21)19-14-8-12(17)3-4-13(14)18/h2-10H,1H3,(H,19,21)/b5-2+/t10-/m0/s1. The molecule has 0 fully saturated rings. The second kappa shape index (κ2) is 7.64. The van der Waals surface area contributed by atoms with Crippen LogP contribution in [0.5, 0.6) is 0 Å². The topological polar surface area (TPSA) is 55.4 Å². The number of benzene rings is 1. The SMILES string of the molecule is C[C@H](OC(=O)/C=C/c1ccsc1)C(=O)Nc1cc(F)ccc1F. The second-order valence-electron chi connectivity index (χ2n) is 4.58. The molecule has 23 heavy (non-hydrogen) atoms. The molecule has 7 heteroatoms. The first-order valence-corrected chi connectivity index (χ1v) is 7.57. The van der Waals surface area contributed by atoms with Crippen molar-refractivity contribution in [3.63, 3.8) is 0 Å². The van der Waals surface area contributed by atoms with Crippen molar-refractivity contribution in [3.05, 3.63) is 58.3 Å². The Labute approximate surface area is 135 Å². The number of hydrogen-bond donors (Lipinski definition) is 1. The Morgan fingerprint density at radius 1 is 1.30 bits per heavy atom. The fourth-order valence-corrected chi connectivity index (χ4v) is 2.26. The number of anilines is 1. The van der Waals surface area contributed by atoms with E-state index in [0.717, 1.165) is 23.8 Å². The largest absolute Gasteiger partial charge is 0.449 e. The molecule has 0 bridgehead atoms. The van der Waals surface area contributed by atoms with Crippen LogP contribution >= 0.6 is 11.3 Å². The van der Waals surface area contributed by atoms with Crippen LogP contribution in [0.1, 0.15) is 12.5 Å². The molecule has 1 N–H and O–H groups in total. The maximum Gasteiger partial charge on any atom is 0.331 e. The molecule has 1 atom stereocenters. The van der Waals surface area contributed by atoms with Crippen molar-refractivity contribution in [1.82, 2.24) is 0 Å². The van der Waals surface area contributed by atoms with Crippen molar-refractivity contribution in [3.8, 4) is 0 Å². The van der Waals surface area contributed by atoms with Crippen molar-refractivity contribution < 1.29 is 23.1 Å². The maximum absolute atomic E-state index is 13.4. The number of esters is 1. The molecule has 0 spiro atoms. The molecule has 0 saturated carbocycles. The van der Waals surface area contributed by atoms with Crippen LogP contribution in [0.2, 0.25) is 0 Å². The van der Waals surface area contributed by atoms with Crippen LogP contribution in [0.3, 0.4) is 0 Å². The summed E-state index contributed by atoms with van der Waals surface area (Å²) < 4.78 is 31.4. The lowest BCUT2D eigenvalue weighted by Crippen LogP contribution is -2.29. The fourth-order valence-electron chi connectivity index (χ4n) is 1.63. The Bertz CT molecular complexity index is 729. The van der Waals surface area contributed by atoms with Gasteiger partial charge in [-0.3, -0.25) is 4.79 Å². The molecule has 0 unspecified atom stereocenters. The van der Waals surface area contributed by atoms with E-state index in [1.165, 1.54) is 24.3 Å². The molecular weight excluding hydrogens is 324 g/mol. The molecular formula is C16H13F2NO3S. The number of ether oxygens (including phenoxy) is 1. The fraction of sp³-hybridized carbons (Fsp3) is 0.125. The number of carbonyl (C=O) groups is 2. The molecule has 1 amide bonds.